The first-order valence-electron chi connectivity index (χ1n) is 7.61. The smallest absolute Gasteiger partial charge is 0.145 e. The second-order valence-electron chi connectivity index (χ2n) is 6.04. The minimum absolute atomic E-state index is 0.566. The Morgan fingerprint density at radius 1 is 1.29 bits per heavy atom. The Kier molecular flexibility index (Phi) is 4.03. The van der Waals surface area contributed by atoms with Gasteiger partial charge in [-0.1, -0.05) is 19.1 Å². The fourth-order valence-corrected chi connectivity index (χ4v) is 3.10. The zero-order valence-electron chi connectivity index (χ0n) is 12.5. The summed E-state index contributed by atoms with van der Waals surface area (Å²) in [6.07, 6.45) is 1.19. The van der Waals surface area contributed by atoms with Crippen LogP contribution in [0.2, 0.25) is 0 Å². The van der Waals surface area contributed by atoms with Crippen LogP contribution in [0.3, 0.4) is 0 Å². The summed E-state index contributed by atoms with van der Waals surface area (Å²) in [4.78, 5) is 11.5. The van der Waals surface area contributed by atoms with Crippen LogP contribution in [0.5, 0.6) is 0 Å². The van der Waals surface area contributed by atoms with Crippen LogP contribution in [0.25, 0.3) is 10.9 Å². The molecule has 1 aliphatic rings. The van der Waals surface area contributed by atoms with Crippen molar-refractivity contribution >= 4 is 16.7 Å². The number of likely N-dealkylation sites (tertiary alicyclic amines) is 1. The lowest BCUT2D eigenvalue weighted by atomic mass is 9.87. The topological polar surface area (TPSA) is 81.1 Å². The van der Waals surface area contributed by atoms with Gasteiger partial charge in [0.2, 0.25) is 0 Å². The number of aromatic nitrogens is 2. The van der Waals surface area contributed by atoms with Crippen molar-refractivity contribution in [2.75, 3.05) is 25.4 Å². The van der Waals surface area contributed by atoms with Crippen LogP contribution in [0.15, 0.2) is 24.3 Å². The highest BCUT2D eigenvalue weighted by molar-refractivity contribution is 5.87. The zero-order chi connectivity index (χ0) is 14.8. The second kappa shape index (κ2) is 5.95. The average molecular weight is 285 g/mol. The van der Waals surface area contributed by atoms with Gasteiger partial charge < -0.3 is 11.5 Å². The molecule has 21 heavy (non-hydrogen) atoms. The number of anilines is 1. The van der Waals surface area contributed by atoms with Crippen LogP contribution in [-0.4, -0.2) is 34.5 Å². The Morgan fingerprint density at radius 2 is 2.10 bits per heavy atom. The van der Waals surface area contributed by atoms with E-state index in [2.05, 4.69) is 21.8 Å². The third-order valence-corrected chi connectivity index (χ3v) is 4.54. The maximum Gasteiger partial charge on any atom is 0.145 e. The largest absolute Gasteiger partial charge is 0.383 e. The standard InChI is InChI=1S/C16H23N5/c1-11-6-7-21(9-12(11)8-17)10-15-19-14-5-3-2-4-13(14)16(18)20-15/h2-5,11-12H,6-10,17H2,1H3,(H2,18,19,20). The molecule has 1 saturated heterocycles. The summed E-state index contributed by atoms with van der Waals surface area (Å²) in [6.45, 7) is 5.89. The van der Waals surface area contributed by atoms with Crippen LogP contribution < -0.4 is 11.5 Å². The molecule has 0 saturated carbocycles. The number of nitrogens with zero attached hydrogens (tertiary/aromatic N) is 3. The minimum Gasteiger partial charge on any atom is -0.383 e. The van der Waals surface area contributed by atoms with Crippen molar-refractivity contribution < 1.29 is 0 Å². The van der Waals surface area contributed by atoms with Gasteiger partial charge in [-0.15, -0.1) is 0 Å². The fraction of sp³-hybridized carbons (Fsp3) is 0.500. The van der Waals surface area contributed by atoms with E-state index < -0.39 is 0 Å². The zero-order valence-corrected chi connectivity index (χ0v) is 12.5. The molecule has 1 aliphatic heterocycles. The van der Waals surface area contributed by atoms with Crippen molar-refractivity contribution in [3.8, 4) is 0 Å². The van der Waals surface area contributed by atoms with E-state index in [1.165, 1.54) is 6.42 Å². The maximum atomic E-state index is 6.05. The van der Waals surface area contributed by atoms with Crippen molar-refractivity contribution in [3.63, 3.8) is 0 Å². The predicted molar refractivity (Wildman–Crippen MR) is 85.6 cm³/mol. The van der Waals surface area contributed by atoms with E-state index in [-0.39, 0.29) is 0 Å². The first kappa shape index (κ1) is 14.2. The molecule has 2 aromatic rings. The number of benzene rings is 1. The number of fused-ring (bicyclic) bond motifs is 1. The van der Waals surface area contributed by atoms with Gasteiger partial charge in [-0.05, 0) is 43.5 Å². The molecule has 1 fully saturated rings. The van der Waals surface area contributed by atoms with Crippen LogP contribution in [0, 0.1) is 11.8 Å². The Morgan fingerprint density at radius 3 is 2.90 bits per heavy atom. The van der Waals surface area contributed by atoms with Crippen molar-refractivity contribution in [2.45, 2.75) is 19.9 Å². The van der Waals surface area contributed by atoms with E-state index in [9.17, 15) is 0 Å². The molecular formula is C16H23N5. The van der Waals surface area contributed by atoms with Gasteiger partial charge in [0, 0.05) is 11.9 Å². The Labute approximate surface area is 125 Å². The van der Waals surface area contributed by atoms with Crippen LogP contribution in [0.1, 0.15) is 19.2 Å². The lowest BCUT2D eigenvalue weighted by Crippen LogP contribution is -2.42. The molecule has 2 atom stereocenters. The van der Waals surface area contributed by atoms with Gasteiger partial charge in [0.25, 0.3) is 0 Å². The summed E-state index contributed by atoms with van der Waals surface area (Å²) in [5, 5.41) is 0.924. The molecule has 0 radical (unpaired) electrons. The van der Waals surface area contributed by atoms with Gasteiger partial charge in [-0.3, -0.25) is 4.90 Å². The third-order valence-electron chi connectivity index (χ3n) is 4.54. The fourth-order valence-electron chi connectivity index (χ4n) is 3.10. The molecule has 112 valence electrons. The molecule has 4 N–H and O–H groups in total. The van der Waals surface area contributed by atoms with E-state index in [4.69, 9.17) is 11.5 Å². The number of nitrogen functional groups attached to an aromatic ring is 1. The van der Waals surface area contributed by atoms with Crippen molar-refractivity contribution in [2.24, 2.45) is 17.6 Å². The number of nitrogens with two attached hydrogens (primary N) is 2. The van der Waals surface area contributed by atoms with Gasteiger partial charge >= 0.3 is 0 Å². The Balaban J connectivity index is 1.79. The minimum atomic E-state index is 0.566. The van der Waals surface area contributed by atoms with E-state index >= 15 is 0 Å². The summed E-state index contributed by atoms with van der Waals surface area (Å²) in [5.74, 6) is 2.64. The summed E-state index contributed by atoms with van der Waals surface area (Å²) in [7, 11) is 0. The van der Waals surface area contributed by atoms with Gasteiger partial charge in [0.15, 0.2) is 0 Å². The normalized spacial score (nSPS) is 23.5. The van der Waals surface area contributed by atoms with Crippen LogP contribution in [0.4, 0.5) is 5.82 Å². The van der Waals surface area contributed by atoms with Crippen molar-refractivity contribution in [1.82, 2.24) is 14.9 Å². The van der Waals surface area contributed by atoms with Gasteiger partial charge in [0.1, 0.15) is 11.6 Å². The molecule has 3 rings (SSSR count). The quantitative estimate of drug-likeness (QED) is 0.896. The first-order chi connectivity index (χ1) is 10.2. The highest BCUT2D eigenvalue weighted by Crippen LogP contribution is 2.24. The SMILES string of the molecule is CC1CCN(Cc2nc(N)c3ccccc3n2)CC1CN. The molecule has 5 nitrogen and oxygen atoms in total. The number of rotatable bonds is 3. The Hall–Kier alpha value is -1.72. The number of hydrogen-bond donors (Lipinski definition) is 2. The molecule has 1 aromatic carbocycles. The predicted octanol–water partition coefficient (Wildman–Crippen LogP) is 1.63. The van der Waals surface area contributed by atoms with Gasteiger partial charge in [-0.25, -0.2) is 9.97 Å². The van der Waals surface area contributed by atoms with E-state index in [1.807, 2.05) is 24.3 Å². The molecule has 0 spiro atoms. The first-order valence-corrected chi connectivity index (χ1v) is 7.61. The van der Waals surface area contributed by atoms with E-state index in [0.29, 0.717) is 17.7 Å². The van der Waals surface area contributed by atoms with Crippen molar-refractivity contribution in [3.05, 3.63) is 30.1 Å². The molecular weight excluding hydrogens is 262 g/mol. The molecule has 0 amide bonds. The molecule has 0 aliphatic carbocycles. The summed E-state index contributed by atoms with van der Waals surface area (Å²) >= 11 is 0. The highest BCUT2D eigenvalue weighted by atomic mass is 15.2. The number of hydrogen-bond acceptors (Lipinski definition) is 5. The summed E-state index contributed by atoms with van der Waals surface area (Å²) in [5.41, 5.74) is 12.8. The van der Waals surface area contributed by atoms with Crippen LogP contribution in [-0.2, 0) is 6.54 Å². The molecule has 5 heteroatoms. The van der Waals surface area contributed by atoms with E-state index in [0.717, 1.165) is 42.9 Å². The van der Waals surface area contributed by atoms with Crippen LogP contribution >= 0.6 is 0 Å². The lowest BCUT2D eigenvalue weighted by Gasteiger charge is -2.36. The third kappa shape index (κ3) is 2.99. The van der Waals surface area contributed by atoms with Crippen molar-refractivity contribution in [1.29, 1.82) is 0 Å². The number of para-hydroxylation sites is 1. The lowest BCUT2D eigenvalue weighted by molar-refractivity contribution is 0.124. The number of piperidine rings is 1. The molecule has 2 unspecified atom stereocenters. The summed E-state index contributed by atoms with van der Waals surface area (Å²) in [6, 6.07) is 7.88. The average Bonchev–Trinajstić information content (AvgIpc) is 2.49. The summed E-state index contributed by atoms with van der Waals surface area (Å²) < 4.78 is 0. The van der Waals surface area contributed by atoms with Gasteiger partial charge in [-0.2, -0.15) is 0 Å². The second-order valence-corrected chi connectivity index (χ2v) is 6.04. The van der Waals surface area contributed by atoms with Gasteiger partial charge in [0.05, 0.1) is 12.1 Å². The molecule has 0 bridgehead atoms. The highest BCUT2D eigenvalue weighted by Gasteiger charge is 2.25. The Bertz CT molecular complexity index is 627. The molecule has 1 aromatic heterocycles. The van der Waals surface area contributed by atoms with E-state index in [1.54, 1.807) is 0 Å². The maximum absolute atomic E-state index is 6.05. The monoisotopic (exact) mass is 285 g/mol. The molecule has 2 heterocycles.